The number of fused-ring (bicyclic) bond motifs is 1. The largest absolute Gasteiger partial charge is 0.478 e. The number of carboxylic acids is 1. The number of carboxylic acid groups (broad SMARTS) is 1. The Kier molecular flexibility index (Phi) is 2.60. The average molecular weight is 252 g/mol. The molecule has 0 heterocycles. The molecule has 0 aliphatic carbocycles. The molecule has 0 fully saturated rings. The molecule has 88 valence electrons. The van der Waals surface area contributed by atoms with E-state index >= 15 is 0 Å². The van der Waals surface area contributed by atoms with Crippen LogP contribution in [0.2, 0.25) is 0 Å². The van der Waals surface area contributed by atoms with Crippen molar-refractivity contribution >= 4 is 26.9 Å². The first-order chi connectivity index (χ1) is 7.91. The minimum absolute atomic E-state index is 0.00648. The molecule has 0 amide bonds. The zero-order valence-electron chi connectivity index (χ0n) is 8.49. The Labute approximate surface area is 97.1 Å². The number of aromatic carboxylic acids is 1. The molecular formula is C11H8O5S. The standard InChI is InChI=1S/C11H8O5S/c12-11(13)9-5-6-10(17(14,15)16)8-4-2-1-3-7(8)9/h1-6H,(H,12,13)(H,14,15,16). The fraction of sp³-hybridized carbons (Fsp3) is 0. The van der Waals surface area contributed by atoms with E-state index < -0.39 is 16.1 Å². The van der Waals surface area contributed by atoms with Crippen LogP contribution in [0.15, 0.2) is 41.3 Å². The van der Waals surface area contributed by atoms with Gasteiger partial charge in [-0.1, -0.05) is 24.3 Å². The van der Waals surface area contributed by atoms with Gasteiger partial charge in [-0.15, -0.1) is 0 Å². The van der Waals surface area contributed by atoms with E-state index in [1.807, 2.05) is 0 Å². The van der Waals surface area contributed by atoms with Gasteiger partial charge in [0.1, 0.15) is 4.90 Å². The summed E-state index contributed by atoms with van der Waals surface area (Å²) >= 11 is 0. The Morgan fingerprint density at radius 3 is 2.12 bits per heavy atom. The van der Waals surface area contributed by atoms with Crippen LogP contribution in [0.1, 0.15) is 10.4 Å². The normalized spacial score (nSPS) is 11.6. The van der Waals surface area contributed by atoms with Gasteiger partial charge in [-0.05, 0) is 17.5 Å². The van der Waals surface area contributed by atoms with Gasteiger partial charge in [-0.25, -0.2) is 4.79 Å². The van der Waals surface area contributed by atoms with Gasteiger partial charge in [-0.2, -0.15) is 8.42 Å². The van der Waals surface area contributed by atoms with Crippen molar-refractivity contribution in [2.24, 2.45) is 0 Å². The van der Waals surface area contributed by atoms with Crippen LogP contribution >= 0.6 is 0 Å². The van der Waals surface area contributed by atoms with E-state index in [1.54, 1.807) is 12.1 Å². The second-order valence-corrected chi connectivity index (χ2v) is 4.83. The molecule has 0 aromatic heterocycles. The van der Waals surface area contributed by atoms with Crippen LogP contribution in [-0.2, 0) is 10.1 Å². The topological polar surface area (TPSA) is 91.7 Å². The van der Waals surface area contributed by atoms with Crippen molar-refractivity contribution in [3.05, 3.63) is 42.0 Å². The van der Waals surface area contributed by atoms with Crippen LogP contribution in [0, 0.1) is 0 Å². The molecule has 6 heteroatoms. The second kappa shape index (κ2) is 3.83. The highest BCUT2D eigenvalue weighted by Crippen LogP contribution is 2.26. The van der Waals surface area contributed by atoms with Crippen LogP contribution in [0.3, 0.4) is 0 Å². The number of hydrogen-bond acceptors (Lipinski definition) is 3. The van der Waals surface area contributed by atoms with E-state index in [0.717, 1.165) is 12.1 Å². The predicted octanol–water partition coefficient (Wildman–Crippen LogP) is 1.78. The number of carbonyl (C=O) groups is 1. The maximum absolute atomic E-state index is 11.1. The molecule has 2 aromatic rings. The third-order valence-corrected chi connectivity index (χ3v) is 3.30. The van der Waals surface area contributed by atoms with Crippen molar-refractivity contribution in [2.75, 3.05) is 0 Å². The number of hydrogen-bond donors (Lipinski definition) is 2. The molecular weight excluding hydrogens is 244 g/mol. The first-order valence-electron chi connectivity index (χ1n) is 4.64. The molecule has 0 saturated carbocycles. The molecule has 0 radical (unpaired) electrons. The Balaban J connectivity index is 2.95. The number of rotatable bonds is 2. The lowest BCUT2D eigenvalue weighted by Gasteiger charge is -2.06. The van der Waals surface area contributed by atoms with E-state index in [4.69, 9.17) is 9.66 Å². The third kappa shape index (κ3) is 2.00. The zero-order valence-corrected chi connectivity index (χ0v) is 9.31. The van der Waals surface area contributed by atoms with Gasteiger partial charge in [0.05, 0.1) is 5.56 Å². The van der Waals surface area contributed by atoms with Crippen LogP contribution in [0.25, 0.3) is 10.8 Å². The van der Waals surface area contributed by atoms with Crippen molar-refractivity contribution in [2.45, 2.75) is 4.90 Å². The fourth-order valence-corrected chi connectivity index (χ4v) is 2.38. The maximum atomic E-state index is 11.1. The lowest BCUT2D eigenvalue weighted by atomic mass is 10.0. The summed E-state index contributed by atoms with van der Waals surface area (Å²) in [7, 11) is -4.36. The maximum Gasteiger partial charge on any atom is 0.336 e. The summed E-state index contributed by atoms with van der Waals surface area (Å²) in [6, 6.07) is 8.36. The van der Waals surface area contributed by atoms with Crippen molar-refractivity contribution in [3.63, 3.8) is 0 Å². The second-order valence-electron chi connectivity index (χ2n) is 3.44. The summed E-state index contributed by atoms with van der Waals surface area (Å²) in [5, 5.41) is 9.43. The van der Waals surface area contributed by atoms with Crippen molar-refractivity contribution in [3.8, 4) is 0 Å². The van der Waals surface area contributed by atoms with Crippen LogP contribution < -0.4 is 0 Å². The highest BCUT2D eigenvalue weighted by atomic mass is 32.2. The zero-order chi connectivity index (χ0) is 12.6. The molecule has 2 N–H and O–H groups in total. The molecule has 2 rings (SSSR count). The molecule has 5 nitrogen and oxygen atoms in total. The highest BCUT2D eigenvalue weighted by molar-refractivity contribution is 7.86. The van der Waals surface area contributed by atoms with Crippen LogP contribution in [0.5, 0.6) is 0 Å². The van der Waals surface area contributed by atoms with Crippen molar-refractivity contribution in [1.82, 2.24) is 0 Å². The summed E-state index contributed by atoms with van der Waals surface area (Å²) in [6.07, 6.45) is 0. The van der Waals surface area contributed by atoms with Crippen molar-refractivity contribution < 1.29 is 22.9 Å². The minimum Gasteiger partial charge on any atom is -0.478 e. The van der Waals surface area contributed by atoms with Gasteiger partial charge in [0, 0.05) is 5.39 Å². The van der Waals surface area contributed by atoms with Gasteiger partial charge < -0.3 is 5.11 Å². The highest BCUT2D eigenvalue weighted by Gasteiger charge is 2.17. The summed E-state index contributed by atoms with van der Waals surface area (Å²) in [5.74, 6) is -1.15. The lowest BCUT2D eigenvalue weighted by Crippen LogP contribution is -2.03. The van der Waals surface area contributed by atoms with Gasteiger partial charge in [0.2, 0.25) is 0 Å². The quantitative estimate of drug-likeness (QED) is 0.795. The molecule has 0 aliphatic rings. The monoisotopic (exact) mass is 252 g/mol. The van der Waals surface area contributed by atoms with Gasteiger partial charge >= 0.3 is 5.97 Å². The SMILES string of the molecule is O=C(O)c1ccc(S(=O)(=O)O)c2ccccc12. The first kappa shape index (κ1) is 11.6. The van der Waals surface area contributed by atoms with E-state index in [0.29, 0.717) is 0 Å². The Morgan fingerprint density at radius 2 is 1.59 bits per heavy atom. The molecule has 0 unspecified atom stereocenters. The van der Waals surface area contributed by atoms with Crippen molar-refractivity contribution in [1.29, 1.82) is 0 Å². The smallest absolute Gasteiger partial charge is 0.336 e. The van der Waals surface area contributed by atoms with Crippen LogP contribution in [-0.4, -0.2) is 24.0 Å². The Hall–Kier alpha value is -1.92. The third-order valence-electron chi connectivity index (χ3n) is 2.39. The lowest BCUT2D eigenvalue weighted by molar-refractivity contribution is 0.0699. The molecule has 2 aromatic carbocycles. The molecule has 17 heavy (non-hydrogen) atoms. The summed E-state index contributed by atoms with van der Waals surface area (Å²) in [5.41, 5.74) is -0.00648. The summed E-state index contributed by atoms with van der Waals surface area (Å²) < 4.78 is 31.3. The minimum atomic E-state index is -4.36. The van der Waals surface area contributed by atoms with Gasteiger partial charge in [0.25, 0.3) is 10.1 Å². The molecule has 0 spiro atoms. The fourth-order valence-electron chi connectivity index (χ4n) is 1.68. The summed E-state index contributed by atoms with van der Waals surface area (Å²) in [6.45, 7) is 0. The molecule has 0 atom stereocenters. The predicted molar refractivity (Wildman–Crippen MR) is 60.7 cm³/mol. The average Bonchev–Trinajstić information content (AvgIpc) is 2.26. The molecule has 0 saturated heterocycles. The van der Waals surface area contributed by atoms with Gasteiger partial charge in [-0.3, -0.25) is 4.55 Å². The van der Waals surface area contributed by atoms with E-state index in [9.17, 15) is 13.2 Å². The Morgan fingerprint density at radius 1 is 1.00 bits per heavy atom. The Bertz CT molecular complexity index is 703. The first-order valence-corrected chi connectivity index (χ1v) is 6.08. The van der Waals surface area contributed by atoms with E-state index in [2.05, 4.69) is 0 Å². The molecule has 0 bridgehead atoms. The van der Waals surface area contributed by atoms with E-state index in [1.165, 1.54) is 12.1 Å². The summed E-state index contributed by atoms with van der Waals surface area (Å²) in [4.78, 5) is 10.7. The number of benzene rings is 2. The molecule has 0 aliphatic heterocycles. The van der Waals surface area contributed by atoms with Crippen LogP contribution in [0.4, 0.5) is 0 Å². The van der Waals surface area contributed by atoms with Gasteiger partial charge in [0.15, 0.2) is 0 Å². The van der Waals surface area contributed by atoms with E-state index in [-0.39, 0.29) is 21.2 Å².